The van der Waals surface area contributed by atoms with Crippen LogP contribution in [0.25, 0.3) is 0 Å². The van der Waals surface area contributed by atoms with E-state index in [0.29, 0.717) is 13.2 Å². The van der Waals surface area contributed by atoms with Crippen molar-refractivity contribution in [1.82, 2.24) is 9.62 Å². The number of hydrogen-bond donors (Lipinski definition) is 1. The second-order valence-electron chi connectivity index (χ2n) is 6.27. The Kier molecular flexibility index (Phi) is 6.16. The van der Waals surface area contributed by atoms with E-state index >= 15 is 0 Å². The fourth-order valence-corrected chi connectivity index (χ4v) is 4.78. The molecule has 0 bridgehead atoms. The Labute approximate surface area is 164 Å². The predicted octanol–water partition coefficient (Wildman–Crippen LogP) is 2.85. The molecule has 0 spiro atoms. The van der Waals surface area contributed by atoms with Gasteiger partial charge in [0.2, 0.25) is 10.0 Å². The summed E-state index contributed by atoms with van der Waals surface area (Å²) in [7, 11) is -3.79. The first-order valence-electron chi connectivity index (χ1n) is 8.63. The highest BCUT2D eigenvalue weighted by Gasteiger charge is 2.29. The molecule has 1 unspecified atom stereocenters. The van der Waals surface area contributed by atoms with E-state index in [-0.39, 0.29) is 40.5 Å². The molecule has 1 aliphatic rings. The molecule has 3 rings (SSSR count). The average molecular weight is 409 g/mol. The number of benzene rings is 2. The minimum absolute atomic E-state index is 0.0638. The summed E-state index contributed by atoms with van der Waals surface area (Å²) < 4.78 is 32.3. The smallest absolute Gasteiger partial charge is 0.251 e. The third kappa shape index (κ3) is 4.50. The van der Waals surface area contributed by atoms with Gasteiger partial charge in [-0.1, -0.05) is 41.9 Å². The van der Waals surface area contributed by atoms with Crippen molar-refractivity contribution in [1.29, 1.82) is 0 Å². The maximum atomic E-state index is 12.9. The molecular weight excluding hydrogens is 388 g/mol. The van der Waals surface area contributed by atoms with Crippen LogP contribution in [0, 0.1) is 0 Å². The number of nitrogens with zero attached hydrogens (tertiary/aromatic N) is 1. The fraction of sp³-hybridized carbons (Fsp3) is 0.316. The zero-order valence-electron chi connectivity index (χ0n) is 14.9. The number of rotatable bonds is 5. The summed E-state index contributed by atoms with van der Waals surface area (Å²) in [5, 5.41) is 2.97. The molecule has 6 nitrogen and oxygen atoms in total. The molecular formula is C19H21ClN2O4S. The molecule has 0 saturated carbocycles. The fourth-order valence-electron chi connectivity index (χ4n) is 2.87. The quantitative estimate of drug-likeness (QED) is 0.825. The van der Waals surface area contributed by atoms with Crippen LogP contribution in [0.2, 0.25) is 5.02 Å². The molecule has 2 aromatic rings. The van der Waals surface area contributed by atoms with Crippen molar-refractivity contribution in [2.45, 2.75) is 17.9 Å². The number of halogens is 1. The first-order chi connectivity index (χ1) is 12.9. The van der Waals surface area contributed by atoms with Crippen molar-refractivity contribution in [3.05, 3.63) is 64.7 Å². The largest absolute Gasteiger partial charge is 0.379 e. The number of sulfonamides is 1. The van der Waals surface area contributed by atoms with Gasteiger partial charge in [0.1, 0.15) is 4.90 Å². The first-order valence-corrected chi connectivity index (χ1v) is 10.4. The van der Waals surface area contributed by atoms with E-state index in [1.165, 1.54) is 22.5 Å². The van der Waals surface area contributed by atoms with Gasteiger partial charge in [-0.15, -0.1) is 0 Å². The predicted molar refractivity (Wildman–Crippen MR) is 103 cm³/mol. The molecule has 1 saturated heterocycles. The van der Waals surface area contributed by atoms with Crippen LogP contribution in [0.15, 0.2) is 53.4 Å². The van der Waals surface area contributed by atoms with E-state index in [2.05, 4.69) is 5.32 Å². The van der Waals surface area contributed by atoms with E-state index < -0.39 is 10.0 Å². The van der Waals surface area contributed by atoms with Gasteiger partial charge in [0, 0.05) is 18.7 Å². The number of carbonyl (C=O) groups is 1. The molecule has 0 aliphatic carbocycles. The lowest BCUT2D eigenvalue weighted by molar-refractivity contribution is 0.0730. The van der Waals surface area contributed by atoms with Gasteiger partial charge in [-0.25, -0.2) is 8.42 Å². The normalized spacial score (nSPS) is 16.7. The number of nitrogens with one attached hydrogen (secondary N) is 1. The zero-order valence-corrected chi connectivity index (χ0v) is 16.5. The van der Waals surface area contributed by atoms with E-state index in [4.69, 9.17) is 16.3 Å². The van der Waals surface area contributed by atoms with Crippen LogP contribution in [0.4, 0.5) is 0 Å². The van der Waals surface area contributed by atoms with Crippen molar-refractivity contribution in [3.8, 4) is 0 Å². The third-order valence-electron chi connectivity index (χ3n) is 4.43. The van der Waals surface area contributed by atoms with Crippen molar-refractivity contribution in [2.24, 2.45) is 0 Å². The van der Waals surface area contributed by atoms with Gasteiger partial charge in [-0.05, 0) is 30.7 Å². The van der Waals surface area contributed by atoms with Crippen LogP contribution in [-0.2, 0) is 14.8 Å². The molecule has 2 aromatic carbocycles. The third-order valence-corrected chi connectivity index (χ3v) is 6.81. The standard InChI is InChI=1S/C19H21ClN2O4S/c1-14(15-5-3-2-4-6-15)21-19(23)16-7-8-17(20)18(13-16)27(24,25)22-9-11-26-12-10-22/h2-8,13-14H,9-12H2,1H3,(H,21,23). The van der Waals surface area contributed by atoms with Gasteiger partial charge < -0.3 is 10.1 Å². The number of ether oxygens (including phenoxy) is 1. The van der Waals surface area contributed by atoms with Gasteiger partial charge >= 0.3 is 0 Å². The molecule has 1 N–H and O–H groups in total. The van der Waals surface area contributed by atoms with E-state index in [9.17, 15) is 13.2 Å². The molecule has 0 aromatic heterocycles. The van der Waals surface area contributed by atoms with Crippen LogP contribution in [0.5, 0.6) is 0 Å². The summed E-state index contributed by atoms with van der Waals surface area (Å²) in [6.07, 6.45) is 0. The summed E-state index contributed by atoms with van der Waals surface area (Å²) in [6.45, 7) is 3.08. The van der Waals surface area contributed by atoms with E-state index in [0.717, 1.165) is 5.56 Å². The minimum atomic E-state index is -3.79. The van der Waals surface area contributed by atoms with Gasteiger partial charge in [0.05, 0.1) is 24.3 Å². The summed E-state index contributed by atoms with van der Waals surface area (Å²) in [5.74, 6) is -0.360. The van der Waals surface area contributed by atoms with Crippen molar-refractivity contribution < 1.29 is 17.9 Å². The highest BCUT2D eigenvalue weighted by atomic mass is 35.5. The maximum Gasteiger partial charge on any atom is 0.251 e. The number of amides is 1. The van der Waals surface area contributed by atoms with Crippen LogP contribution < -0.4 is 5.32 Å². The van der Waals surface area contributed by atoms with Crippen LogP contribution in [-0.4, -0.2) is 44.9 Å². The van der Waals surface area contributed by atoms with Crippen LogP contribution in [0.3, 0.4) is 0 Å². The van der Waals surface area contributed by atoms with Gasteiger partial charge in [-0.3, -0.25) is 4.79 Å². The van der Waals surface area contributed by atoms with Crippen molar-refractivity contribution in [2.75, 3.05) is 26.3 Å². The summed E-state index contributed by atoms with van der Waals surface area (Å²) in [5.41, 5.74) is 1.20. The minimum Gasteiger partial charge on any atom is -0.379 e. The Morgan fingerprint density at radius 1 is 1.15 bits per heavy atom. The molecule has 27 heavy (non-hydrogen) atoms. The zero-order chi connectivity index (χ0) is 19.4. The van der Waals surface area contributed by atoms with Gasteiger partial charge in [-0.2, -0.15) is 4.31 Å². The summed E-state index contributed by atoms with van der Waals surface area (Å²) in [6, 6.07) is 13.6. The molecule has 1 aliphatic heterocycles. The Bertz CT molecular complexity index is 913. The molecule has 1 atom stereocenters. The Morgan fingerprint density at radius 3 is 2.48 bits per heavy atom. The monoisotopic (exact) mass is 408 g/mol. The average Bonchev–Trinajstić information content (AvgIpc) is 2.69. The second kappa shape index (κ2) is 8.39. The van der Waals surface area contributed by atoms with Crippen molar-refractivity contribution in [3.63, 3.8) is 0 Å². The lowest BCUT2D eigenvalue weighted by atomic mass is 10.1. The number of hydrogen-bond acceptors (Lipinski definition) is 4. The van der Waals surface area contributed by atoms with Crippen molar-refractivity contribution >= 4 is 27.5 Å². The number of carbonyl (C=O) groups excluding carboxylic acids is 1. The van der Waals surface area contributed by atoms with Crippen LogP contribution >= 0.6 is 11.6 Å². The Hall–Kier alpha value is -1.93. The highest BCUT2D eigenvalue weighted by Crippen LogP contribution is 2.27. The van der Waals surface area contributed by atoms with E-state index in [1.54, 1.807) is 0 Å². The lowest BCUT2D eigenvalue weighted by Crippen LogP contribution is -2.40. The molecule has 0 radical (unpaired) electrons. The summed E-state index contributed by atoms with van der Waals surface area (Å²) in [4.78, 5) is 12.5. The second-order valence-corrected chi connectivity index (χ2v) is 8.58. The van der Waals surface area contributed by atoms with Gasteiger partial charge in [0.15, 0.2) is 0 Å². The SMILES string of the molecule is CC(NC(=O)c1ccc(Cl)c(S(=O)(=O)N2CCOCC2)c1)c1ccccc1. The molecule has 144 valence electrons. The Morgan fingerprint density at radius 2 is 1.81 bits per heavy atom. The molecule has 1 fully saturated rings. The van der Waals surface area contributed by atoms with Crippen LogP contribution in [0.1, 0.15) is 28.9 Å². The molecule has 1 amide bonds. The number of morpholine rings is 1. The maximum absolute atomic E-state index is 12.9. The molecule has 1 heterocycles. The van der Waals surface area contributed by atoms with E-state index in [1.807, 2.05) is 37.3 Å². The Balaban J connectivity index is 1.83. The molecule has 8 heteroatoms. The first kappa shape index (κ1) is 19.8. The van der Waals surface area contributed by atoms with Gasteiger partial charge in [0.25, 0.3) is 5.91 Å². The topological polar surface area (TPSA) is 75.7 Å². The summed E-state index contributed by atoms with van der Waals surface area (Å²) >= 11 is 6.14. The lowest BCUT2D eigenvalue weighted by Gasteiger charge is -2.26. The highest BCUT2D eigenvalue weighted by molar-refractivity contribution is 7.89.